The SMILES string of the molecule is O=C1N2c3cccc4c3B(c3ccccc3C43CCCCC3)c3ccc4ccc5c(c4c32)N1c1cccc2c1B5c1ccccc1C21CCCCC1. The fourth-order valence-electron chi connectivity index (χ4n) is 13.0. The molecule has 2 saturated carbocycles. The highest BCUT2D eigenvalue weighted by Crippen LogP contribution is 2.53. The average molecular weight is 668 g/mol. The largest absolute Gasteiger partial charge is 0.338 e. The molecule has 248 valence electrons. The van der Waals surface area contributed by atoms with Crippen LogP contribution < -0.4 is 42.6 Å². The summed E-state index contributed by atoms with van der Waals surface area (Å²) in [6.45, 7) is 0.203. The number of nitrogens with zero attached hydrogens (tertiary/aromatic N) is 2. The van der Waals surface area contributed by atoms with Crippen LogP contribution in [-0.2, 0) is 10.8 Å². The second-order valence-electron chi connectivity index (χ2n) is 16.9. The molecule has 2 amide bonds. The number of anilines is 4. The van der Waals surface area contributed by atoms with Gasteiger partial charge in [-0.2, -0.15) is 0 Å². The van der Waals surface area contributed by atoms with Crippen LogP contribution in [0.5, 0.6) is 0 Å². The third-order valence-electron chi connectivity index (χ3n) is 14.9. The first kappa shape index (κ1) is 28.6. The number of urea groups is 1. The van der Waals surface area contributed by atoms with Crippen LogP contribution in [0.25, 0.3) is 10.8 Å². The molecule has 0 bridgehead atoms. The molecule has 5 heterocycles. The smallest absolute Gasteiger partial charge is 0.263 e. The summed E-state index contributed by atoms with van der Waals surface area (Å²) in [5, 5.41) is 2.44. The Morgan fingerprint density at radius 3 is 1.37 bits per heavy atom. The van der Waals surface area contributed by atoms with Crippen molar-refractivity contribution in [1.29, 1.82) is 0 Å². The zero-order chi connectivity index (χ0) is 33.9. The summed E-state index contributed by atoms with van der Waals surface area (Å²) in [5.41, 5.74) is 18.5. The minimum atomic E-state index is 0.000751. The number of hydrogen-bond acceptors (Lipinski definition) is 1. The van der Waals surface area contributed by atoms with Gasteiger partial charge in [0.05, 0.1) is 11.4 Å². The van der Waals surface area contributed by atoms with Crippen LogP contribution in [0.1, 0.15) is 86.5 Å². The molecule has 0 aromatic heterocycles. The molecule has 0 radical (unpaired) electrons. The van der Waals surface area contributed by atoms with Crippen molar-refractivity contribution in [3.8, 4) is 0 Å². The van der Waals surface area contributed by atoms with Gasteiger partial charge in [0.1, 0.15) is 0 Å². The zero-order valence-electron chi connectivity index (χ0n) is 29.4. The minimum Gasteiger partial charge on any atom is -0.263 e. The molecule has 5 heteroatoms. The quantitative estimate of drug-likeness (QED) is 0.160. The molecule has 13 rings (SSSR count). The molecule has 0 saturated heterocycles. The van der Waals surface area contributed by atoms with Crippen molar-refractivity contribution in [1.82, 2.24) is 0 Å². The van der Waals surface area contributed by atoms with Gasteiger partial charge in [0, 0.05) is 27.6 Å². The summed E-state index contributed by atoms with van der Waals surface area (Å²) in [5.74, 6) is 0. The fraction of sp³-hybridized carbons (Fsp3) is 0.255. The average Bonchev–Trinajstić information content (AvgIpc) is 3.21. The van der Waals surface area contributed by atoms with Gasteiger partial charge in [0.25, 0.3) is 0 Å². The van der Waals surface area contributed by atoms with E-state index in [1.54, 1.807) is 0 Å². The van der Waals surface area contributed by atoms with E-state index in [4.69, 9.17) is 0 Å². The van der Waals surface area contributed by atoms with E-state index in [0.29, 0.717) is 0 Å². The van der Waals surface area contributed by atoms with Crippen molar-refractivity contribution in [2.24, 2.45) is 0 Å². The molecule has 3 nitrogen and oxygen atoms in total. The highest BCUT2D eigenvalue weighted by molar-refractivity contribution is 7.01. The van der Waals surface area contributed by atoms with Crippen molar-refractivity contribution in [2.75, 3.05) is 9.80 Å². The van der Waals surface area contributed by atoms with E-state index in [2.05, 4.69) is 119 Å². The van der Waals surface area contributed by atoms with Gasteiger partial charge in [0.15, 0.2) is 0 Å². The maximum atomic E-state index is 15.8. The summed E-state index contributed by atoms with van der Waals surface area (Å²) in [6, 6.07) is 42.0. The summed E-state index contributed by atoms with van der Waals surface area (Å²) < 4.78 is 0. The Bertz CT molecular complexity index is 2440. The Balaban J connectivity index is 1.15. The number of rotatable bonds is 0. The lowest BCUT2D eigenvalue weighted by atomic mass is 9.28. The van der Waals surface area contributed by atoms with Gasteiger partial charge in [-0.25, -0.2) is 4.79 Å². The molecule has 2 aliphatic carbocycles. The predicted octanol–water partition coefficient (Wildman–Crippen LogP) is 7.04. The predicted molar refractivity (Wildman–Crippen MR) is 216 cm³/mol. The topological polar surface area (TPSA) is 23.6 Å². The third-order valence-corrected chi connectivity index (χ3v) is 14.9. The van der Waals surface area contributed by atoms with E-state index in [1.807, 2.05) is 0 Å². The van der Waals surface area contributed by atoms with Gasteiger partial charge >= 0.3 is 6.03 Å². The first-order valence-corrected chi connectivity index (χ1v) is 19.9. The molecule has 0 N–H and O–H groups in total. The summed E-state index contributed by atoms with van der Waals surface area (Å²) >= 11 is 0. The number of carbonyl (C=O) groups excluding carboxylic acids is 1. The Morgan fingerprint density at radius 2 is 0.885 bits per heavy atom. The van der Waals surface area contributed by atoms with Crippen LogP contribution in [0.15, 0.2) is 109 Å². The minimum absolute atomic E-state index is 0.000751. The van der Waals surface area contributed by atoms with Crippen molar-refractivity contribution in [3.63, 3.8) is 0 Å². The van der Waals surface area contributed by atoms with Crippen LogP contribution in [0.2, 0.25) is 0 Å². The molecule has 6 aromatic carbocycles. The van der Waals surface area contributed by atoms with Crippen molar-refractivity contribution in [2.45, 2.75) is 75.0 Å². The fourth-order valence-corrected chi connectivity index (χ4v) is 13.0. The normalized spacial score (nSPS) is 20.1. The molecule has 2 spiro atoms. The summed E-state index contributed by atoms with van der Waals surface area (Å²) in [7, 11) is 0. The van der Waals surface area contributed by atoms with Gasteiger partial charge in [0.2, 0.25) is 13.4 Å². The Morgan fingerprint density at radius 1 is 0.442 bits per heavy atom. The van der Waals surface area contributed by atoms with Crippen LogP contribution in [0.3, 0.4) is 0 Å². The zero-order valence-corrected chi connectivity index (χ0v) is 29.4. The molecule has 6 aromatic rings. The molecule has 2 fully saturated rings. The Labute approximate surface area is 305 Å². The van der Waals surface area contributed by atoms with E-state index in [0.717, 1.165) is 22.7 Å². The molecule has 0 unspecified atom stereocenters. The molecule has 7 aliphatic rings. The lowest BCUT2D eigenvalue weighted by Gasteiger charge is -2.52. The second-order valence-corrected chi connectivity index (χ2v) is 16.9. The Hall–Kier alpha value is -5.02. The van der Waals surface area contributed by atoms with E-state index >= 15 is 4.79 Å². The highest BCUT2D eigenvalue weighted by atomic mass is 16.2. The molecule has 0 atom stereocenters. The van der Waals surface area contributed by atoms with Crippen molar-refractivity contribution >= 4 is 85.8 Å². The summed E-state index contributed by atoms with van der Waals surface area (Å²) in [6.07, 6.45) is 12.3. The van der Waals surface area contributed by atoms with Crippen molar-refractivity contribution in [3.05, 3.63) is 131 Å². The van der Waals surface area contributed by atoms with Crippen LogP contribution >= 0.6 is 0 Å². The molecular formula is C47H38B2N2O. The number of fused-ring (bicyclic) bond motifs is 12. The highest BCUT2D eigenvalue weighted by Gasteiger charge is 2.55. The number of amides is 2. The lowest BCUT2D eigenvalue weighted by molar-refractivity contribution is 0.255. The first-order valence-electron chi connectivity index (χ1n) is 19.9. The van der Waals surface area contributed by atoms with E-state index in [9.17, 15) is 0 Å². The van der Waals surface area contributed by atoms with Crippen LogP contribution in [0, 0.1) is 0 Å². The second kappa shape index (κ2) is 9.69. The van der Waals surface area contributed by atoms with Gasteiger partial charge in [-0.1, -0.05) is 147 Å². The molecule has 52 heavy (non-hydrogen) atoms. The maximum Gasteiger partial charge on any atom is 0.338 e. The molecular weight excluding hydrogens is 630 g/mol. The van der Waals surface area contributed by atoms with Gasteiger partial charge < -0.3 is 0 Å². The third kappa shape index (κ3) is 3.12. The number of benzene rings is 6. The van der Waals surface area contributed by atoms with Crippen LogP contribution in [0.4, 0.5) is 27.5 Å². The number of carbonyl (C=O) groups is 1. The monoisotopic (exact) mass is 668 g/mol. The lowest BCUT2D eigenvalue weighted by Crippen LogP contribution is -2.69. The van der Waals surface area contributed by atoms with Gasteiger partial charge in [-0.05, 0) is 87.3 Å². The number of hydrogen-bond donors (Lipinski definition) is 0. The van der Waals surface area contributed by atoms with Gasteiger partial charge in [-0.15, -0.1) is 0 Å². The molecule has 5 aliphatic heterocycles. The van der Waals surface area contributed by atoms with E-state index < -0.39 is 0 Å². The first-order chi connectivity index (χ1) is 25.7. The standard InChI is InChI=1S/C47H38B2N2O/c52-45-50-38-19-11-15-32-41(38)48(34-17-5-3-13-30(34)46(32)25-7-1-8-26-46)36-23-21-29-22-24-37-44(40(29)43(36)50)51(45)39-20-12-16-33-42(39)49(37)35-18-6-4-14-31(35)47(33)27-9-2-10-28-47/h3-6,11-24H,1-2,7-10,25-28H2. The van der Waals surface area contributed by atoms with Crippen LogP contribution in [-0.4, -0.2) is 19.5 Å². The van der Waals surface area contributed by atoms with Gasteiger partial charge in [-0.3, -0.25) is 9.80 Å². The maximum absolute atomic E-state index is 15.8. The summed E-state index contributed by atoms with van der Waals surface area (Å²) in [4.78, 5) is 20.1. The van der Waals surface area contributed by atoms with Crippen molar-refractivity contribution < 1.29 is 4.79 Å². The Kier molecular flexibility index (Phi) is 5.32. The van der Waals surface area contributed by atoms with E-state index in [1.165, 1.54) is 130 Å². The van der Waals surface area contributed by atoms with E-state index in [-0.39, 0.29) is 30.3 Å².